The number of hydrogen-bond acceptors (Lipinski definition) is 4. The highest BCUT2D eigenvalue weighted by atomic mass is 35.5. The summed E-state index contributed by atoms with van der Waals surface area (Å²) in [7, 11) is 0. The van der Waals surface area contributed by atoms with Crippen molar-refractivity contribution in [1.29, 1.82) is 0 Å². The van der Waals surface area contributed by atoms with E-state index in [1.165, 1.54) is 23.9 Å². The Morgan fingerprint density at radius 1 is 1.16 bits per heavy atom. The van der Waals surface area contributed by atoms with E-state index >= 15 is 0 Å². The van der Waals surface area contributed by atoms with Crippen molar-refractivity contribution in [2.45, 2.75) is 4.90 Å². The van der Waals surface area contributed by atoms with Crippen molar-refractivity contribution in [3.63, 3.8) is 0 Å². The molecule has 19 heavy (non-hydrogen) atoms. The third-order valence-corrected chi connectivity index (χ3v) is 3.68. The molecule has 0 bridgehead atoms. The summed E-state index contributed by atoms with van der Waals surface area (Å²) >= 11 is 7.20. The van der Waals surface area contributed by atoms with Gasteiger partial charge in [-0.2, -0.15) is 0 Å². The summed E-state index contributed by atoms with van der Waals surface area (Å²) in [4.78, 5) is 12.8. The Hall–Kier alpha value is -1.65. The topological polar surface area (TPSA) is 57.5 Å². The lowest BCUT2D eigenvalue weighted by atomic mass is 10.1. The molecule has 2 aromatic carbocycles. The molecule has 0 saturated heterocycles. The number of rotatable bonds is 4. The van der Waals surface area contributed by atoms with Crippen LogP contribution in [0.25, 0.3) is 0 Å². The third kappa shape index (κ3) is 3.66. The Kier molecular flexibility index (Phi) is 4.35. The predicted molar refractivity (Wildman–Crippen MR) is 76.3 cm³/mol. The van der Waals surface area contributed by atoms with Crippen LogP contribution in [-0.2, 0) is 0 Å². The average molecular weight is 295 g/mol. The Labute approximate surface area is 119 Å². The molecule has 0 aliphatic rings. The number of benzene rings is 2. The summed E-state index contributed by atoms with van der Waals surface area (Å²) in [5, 5.41) is 19.4. The molecule has 0 aromatic heterocycles. The van der Waals surface area contributed by atoms with E-state index in [-0.39, 0.29) is 28.6 Å². The standard InChI is InChI=1S/C14H11ClO3S/c15-9-2-1-3-11(6-9)19-8-14(18)12-5-4-10(16)7-13(12)17/h1-7,16-17H,8H2. The molecule has 5 heteroatoms. The predicted octanol–water partition coefficient (Wildman–Crippen LogP) is 3.73. The fraction of sp³-hybridized carbons (Fsp3) is 0.0714. The number of halogens is 1. The number of phenols is 2. The fourth-order valence-electron chi connectivity index (χ4n) is 1.54. The van der Waals surface area contributed by atoms with Gasteiger partial charge in [-0.05, 0) is 30.3 Å². The molecule has 0 heterocycles. The van der Waals surface area contributed by atoms with Crippen molar-refractivity contribution in [3.8, 4) is 11.5 Å². The zero-order valence-corrected chi connectivity index (χ0v) is 11.4. The van der Waals surface area contributed by atoms with Gasteiger partial charge in [-0.3, -0.25) is 4.79 Å². The van der Waals surface area contributed by atoms with Gasteiger partial charge in [0, 0.05) is 16.0 Å². The van der Waals surface area contributed by atoms with E-state index in [0.717, 1.165) is 11.0 Å². The van der Waals surface area contributed by atoms with E-state index in [1.807, 2.05) is 12.1 Å². The Morgan fingerprint density at radius 3 is 2.63 bits per heavy atom. The van der Waals surface area contributed by atoms with Crippen molar-refractivity contribution in [3.05, 3.63) is 53.1 Å². The first-order chi connectivity index (χ1) is 9.06. The number of phenolic OH excluding ortho intramolecular Hbond substituents is 2. The van der Waals surface area contributed by atoms with Crippen LogP contribution in [0, 0.1) is 0 Å². The molecular weight excluding hydrogens is 284 g/mol. The van der Waals surface area contributed by atoms with Gasteiger partial charge in [0.25, 0.3) is 0 Å². The third-order valence-electron chi connectivity index (χ3n) is 2.45. The summed E-state index contributed by atoms with van der Waals surface area (Å²) in [5.74, 6) is -0.297. The van der Waals surface area contributed by atoms with Gasteiger partial charge in [0.2, 0.25) is 0 Å². The lowest BCUT2D eigenvalue weighted by molar-refractivity contribution is 0.102. The second-order valence-electron chi connectivity index (χ2n) is 3.87. The number of hydrogen-bond donors (Lipinski definition) is 2. The van der Waals surface area contributed by atoms with Crippen LogP contribution in [0.4, 0.5) is 0 Å². The zero-order valence-electron chi connectivity index (χ0n) is 9.84. The van der Waals surface area contributed by atoms with Crippen LogP contribution in [0.15, 0.2) is 47.4 Å². The second kappa shape index (κ2) is 5.99. The van der Waals surface area contributed by atoms with Gasteiger partial charge in [0.1, 0.15) is 11.5 Å². The molecule has 0 saturated carbocycles. The van der Waals surface area contributed by atoms with E-state index in [0.29, 0.717) is 5.02 Å². The van der Waals surface area contributed by atoms with Gasteiger partial charge >= 0.3 is 0 Å². The van der Waals surface area contributed by atoms with Gasteiger partial charge in [0.15, 0.2) is 5.78 Å². The Balaban J connectivity index is 2.05. The van der Waals surface area contributed by atoms with Crippen LogP contribution in [0.3, 0.4) is 0 Å². The maximum Gasteiger partial charge on any atom is 0.176 e. The van der Waals surface area contributed by atoms with E-state index in [9.17, 15) is 9.90 Å². The van der Waals surface area contributed by atoms with Crippen LogP contribution >= 0.6 is 23.4 Å². The first-order valence-corrected chi connectivity index (χ1v) is 6.86. The van der Waals surface area contributed by atoms with Crippen LogP contribution in [-0.4, -0.2) is 21.7 Å². The maximum atomic E-state index is 11.9. The van der Waals surface area contributed by atoms with Crippen LogP contribution in [0.2, 0.25) is 5.02 Å². The minimum atomic E-state index is -0.211. The van der Waals surface area contributed by atoms with Crippen molar-refractivity contribution < 1.29 is 15.0 Å². The van der Waals surface area contributed by atoms with Crippen LogP contribution in [0.5, 0.6) is 11.5 Å². The normalized spacial score (nSPS) is 10.4. The van der Waals surface area contributed by atoms with E-state index in [1.54, 1.807) is 12.1 Å². The molecule has 2 N–H and O–H groups in total. The quantitative estimate of drug-likeness (QED) is 0.666. The molecule has 3 nitrogen and oxygen atoms in total. The lowest BCUT2D eigenvalue weighted by Crippen LogP contribution is -2.02. The lowest BCUT2D eigenvalue weighted by Gasteiger charge is -2.04. The number of Topliss-reactive ketones (excluding diaryl/α,β-unsaturated/α-hetero) is 1. The summed E-state index contributed by atoms with van der Waals surface area (Å²) in [6, 6.07) is 11.1. The largest absolute Gasteiger partial charge is 0.508 e. The van der Waals surface area contributed by atoms with Crippen LogP contribution in [0.1, 0.15) is 10.4 Å². The molecule has 2 rings (SSSR count). The van der Waals surface area contributed by atoms with Gasteiger partial charge in [-0.25, -0.2) is 0 Å². The molecule has 0 spiro atoms. The van der Waals surface area contributed by atoms with Crippen molar-refractivity contribution in [1.82, 2.24) is 0 Å². The van der Waals surface area contributed by atoms with Gasteiger partial charge in [0.05, 0.1) is 11.3 Å². The maximum absolute atomic E-state index is 11.9. The number of aromatic hydroxyl groups is 2. The Morgan fingerprint density at radius 2 is 1.95 bits per heavy atom. The second-order valence-corrected chi connectivity index (χ2v) is 5.36. The number of carbonyl (C=O) groups excluding carboxylic acids is 1. The Bertz CT molecular complexity index is 613. The smallest absolute Gasteiger partial charge is 0.176 e. The van der Waals surface area contributed by atoms with Crippen molar-refractivity contribution in [2.75, 3.05) is 5.75 Å². The first kappa shape index (κ1) is 13.8. The van der Waals surface area contributed by atoms with Crippen LogP contribution < -0.4 is 0 Å². The zero-order chi connectivity index (χ0) is 13.8. The highest BCUT2D eigenvalue weighted by molar-refractivity contribution is 8.00. The molecule has 0 fully saturated rings. The molecule has 0 unspecified atom stereocenters. The van der Waals surface area contributed by atoms with E-state index < -0.39 is 0 Å². The van der Waals surface area contributed by atoms with Gasteiger partial charge < -0.3 is 10.2 Å². The number of thioether (sulfide) groups is 1. The molecule has 0 aliphatic heterocycles. The molecule has 0 aliphatic carbocycles. The molecular formula is C14H11ClO3S. The highest BCUT2D eigenvalue weighted by Crippen LogP contribution is 2.26. The van der Waals surface area contributed by atoms with E-state index in [2.05, 4.69) is 0 Å². The molecule has 0 amide bonds. The SMILES string of the molecule is O=C(CSc1cccc(Cl)c1)c1ccc(O)cc1O. The molecule has 98 valence electrons. The summed E-state index contributed by atoms with van der Waals surface area (Å²) in [5.41, 5.74) is 0.201. The van der Waals surface area contributed by atoms with Crippen molar-refractivity contribution in [2.24, 2.45) is 0 Å². The first-order valence-electron chi connectivity index (χ1n) is 5.50. The molecule has 2 aromatic rings. The number of ketones is 1. The monoisotopic (exact) mass is 294 g/mol. The average Bonchev–Trinajstić information content (AvgIpc) is 2.36. The summed E-state index contributed by atoms with van der Waals surface area (Å²) in [6.45, 7) is 0. The number of carbonyl (C=O) groups is 1. The fourth-order valence-corrected chi connectivity index (χ4v) is 2.63. The van der Waals surface area contributed by atoms with Gasteiger partial charge in [-0.1, -0.05) is 17.7 Å². The molecule has 0 atom stereocenters. The molecule has 0 radical (unpaired) electrons. The minimum absolute atomic E-state index is 0.0726. The minimum Gasteiger partial charge on any atom is -0.508 e. The highest BCUT2D eigenvalue weighted by Gasteiger charge is 2.12. The van der Waals surface area contributed by atoms with Gasteiger partial charge in [-0.15, -0.1) is 11.8 Å². The summed E-state index contributed by atoms with van der Waals surface area (Å²) in [6.07, 6.45) is 0. The van der Waals surface area contributed by atoms with E-state index in [4.69, 9.17) is 16.7 Å². The summed E-state index contributed by atoms with van der Waals surface area (Å²) < 4.78 is 0. The van der Waals surface area contributed by atoms with Crippen molar-refractivity contribution >= 4 is 29.1 Å².